The highest BCUT2D eigenvalue weighted by Crippen LogP contribution is 2.04. The molecule has 1 aromatic rings. The first kappa shape index (κ1) is 10.5. The van der Waals surface area contributed by atoms with Crippen LogP contribution in [0.4, 0.5) is 4.79 Å². The van der Waals surface area contributed by atoms with Crippen molar-refractivity contribution < 1.29 is 14.7 Å². The fraction of sp³-hybridized carbons (Fsp3) is 0.111. The van der Waals surface area contributed by atoms with Crippen molar-refractivity contribution in [2.45, 2.75) is 6.54 Å². The average Bonchev–Trinajstić information content (AvgIpc) is 2.18. The molecule has 1 aromatic carbocycles. The quantitative estimate of drug-likeness (QED) is 0.563. The van der Waals surface area contributed by atoms with E-state index in [0.717, 1.165) is 11.1 Å². The Morgan fingerprint density at radius 2 is 2.07 bits per heavy atom. The van der Waals surface area contributed by atoms with Crippen molar-refractivity contribution >= 4 is 23.9 Å². The van der Waals surface area contributed by atoms with Gasteiger partial charge in [-0.3, -0.25) is 0 Å². The van der Waals surface area contributed by atoms with E-state index in [9.17, 15) is 9.90 Å². The molecule has 0 N–H and O–H groups in total. The van der Waals surface area contributed by atoms with Gasteiger partial charge >= 0.3 is 6.09 Å². The Bertz CT molecular complexity index is 315. The lowest BCUT2D eigenvalue weighted by atomic mass is 10.2. The maximum atomic E-state index is 10.5. The van der Waals surface area contributed by atoms with E-state index >= 15 is 0 Å². The largest absolute Gasteiger partial charge is 0.485 e. The molecule has 1 radical (unpaired) electrons. The molecule has 0 aliphatic carbocycles. The number of rotatable bonds is 4. The Kier molecular flexibility index (Phi) is 3.87. The smallest absolute Gasteiger partial charge is 0.370 e. The van der Waals surface area contributed by atoms with Crippen LogP contribution >= 0.6 is 12.2 Å². The van der Waals surface area contributed by atoms with Crippen LogP contribution in [0.5, 0.6) is 0 Å². The Morgan fingerprint density at radius 1 is 1.43 bits per heavy atom. The Hall–Kier alpha value is -1.62. The van der Waals surface area contributed by atoms with E-state index in [1.807, 2.05) is 6.07 Å². The number of carbonyl (C=O) groups is 1. The summed E-state index contributed by atoms with van der Waals surface area (Å²) in [4.78, 5) is 15.1. The molecule has 0 spiro atoms. The van der Waals surface area contributed by atoms with E-state index in [1.54, 1.807) is 24.3 Å². The van der Waals surface area contributed by atoms with E-state index in [0.29, 0.717) is 5.06 Å². The van der Waals surface area contributed by atoms with Gasteiger partial charge in [-0.2, -0.15) is 0 Å². The maximum Gasteiger partial charge on any atom is 0.485 e. The molecule has 0 unspecified atom stereocenters. The van der Waals surface area contributed by atoms with E-state index in [-0.39, 0.29) is 6.54 Å². The zero-order chi connectivity index (χ0) is 10.4. The monoisotopic (exact) mass is 210 g/mol. The summed E-state index contributed by atoms with van der Waals surface area (Å²) < 4.78 is 0. The van der Waals surface area contributed by atoms with Crippen LogP contribution in [-0.2, 0) is 16.5 Å². The number of carbonyl (C=O) groups excluding carboxylic acids is 1. The molecule has 0 fully saturated rings. The predicted octanol–water partition coefficient (Wildman–Crippen LogP) is 1.93. The van der Waals surface area contributed by atoms with Gasteiger partial charge in [0.25, 0.3) is 0 Å². The number of hydroxylamine groups is 2. The highest BCUT2D eigenvalue weighted by molar-refractivity contribution is 7.78. The van der Waals surface area contributed by atoms with Gasteiger partial charge < -0.3 is 4.84 Å². The third-order valence-electron chi connectivity index (χ3n) is 1.54. The number of hydrogen-bond acceptors (Lipinski definition) is 3. The van der Waals surface area contributed by atoms with Gasteiger partial charge in [0.05, 0.1) is 6.54 Å². The molecule has 0 bridgehead atoms. The summed E-state index contributed by atoms with van der Waals surface area (Å²) in [6, 6.07) is 9.01. The van der Waals surface area contributed by atoms with Crippen LogP contribution in [0.1, 0.15) is 5.56 Å². The molecular formula is C9H8NO3S. The molecule has 0 saturated carbocycles. The third-order valence-corrected chi connectivity index (χ3v) is 1.63. The van der Waals surface area contributed by atoms with Crippen molar-refractivity contribution in [3.8, 4) is 0 Å². The van der Waals surface area contributed by atoms with E-state index in [4.69, 9.17) is 0 Å². The minimum absolute atomic E-state index is 0.0936. The first-order valence-electron chi connectivity index (χ1n) is 3.87. The van der Waals surface area contributed by atoms with E-state index in [1.165, 1.54) is 0 Å². The Morgan fingerprint density at radius 3 is 2.57 bits per heavy atom. The van der Waals surface area contributed by atoms with Crippen LogP contribution in [-0.4, -0.2) is 16.7 Å². The highest BCUT2D eigenvalue weighted by atomic mass is 32.1. The molecule has 0 aliphatic rings. The molecule has 0 aromatic heterocycles. The predicted molar refractivity (Wildman–Crippen MR) is 52.8 cm³/mol. The SMILES string of the molecule is [O]C(=O)N(Cc1ccccc1)OC=S. The third kappa shape index (κ3) is 3.02. The standard InChI is InChI=1S/C9H8NO3S/c11-9(12)10(13-7-14)6-8-4-2-1-3-5-8/h1-5,7H,6H2. The fourth-order valence-corrected chi connectivity index (χ4v) is 1.05. The van der Waals surface area contributed by atoms with Crippen molar-refractivity contribution in [1.29, 1.82) is 0 Å². The minimum atomic E-state index is -1.42. The minimum Gasteiger partial charge on any atom is -0.370 e. The zero-order valence-corrected chi connectivity index (χ0v) is 8.07. The average molecular weight is 210 g/mol. The second-order valence-electron chi connectivity index (χ2n) is 2.49. The summed E-state index contributed by atoms with van der Waals surface area (Å²) in [6.07, 6.45) is -1.42. The number of hydrogen-bond donors (Lipinski definition) is 0. The van der Waals surface area contributed by atoms with Crippen LogP contribution < -0.4 is 0 Å². The molecule has 0 heterocycles. The Balaban J connectivity index is 2.64. The van der Waals surface area contributed by atoms with Gasteiger partial charge in [-0.15, -0.1) is 5.06 Å². The van der Waals surface area contributed by atoms with Crippen LogP contribution in [0.15, 0.2) is 30.3 Å². The van der Waals surface area contributed by atoms with Gasteiger partial charge in [0.1, 0.15) is 0 Å². The molecule has 1 rings (SSSR count). The summed E-state index contributed by atoms with van der Waals surface area (Å²) in [6.45, 7) is 0.0936. The summed E-state index contributed by atoms with van der Waals surface area (Å²) >= 11 is 4.38. The fourth-order valence-electron chi connectivity index (χ4n) is 0.946. The molecule has 0 atom stereocenters. The van der Waals surface area contributed by atoms with Gasteiger partial charge in [-0.25, -0.2) is 9.90 Å². The number of nitrogens with zero attached hydrogens (tertiary/aromatic N) is 1. The molecular weight excluding hydrogens is 202 g/mol. The lowest BCUT2D eigenvalue weighted by Crippen LogP contribution is -2.27. The van der Waals surface area contributed by atoms with E-state index in [2.05, 4.69) is 17.1 Å². The van der Waals surface area contributed by atoms with Crippen molar-refractivity contribution in [2.24, 2.45) is 0 Å². The van der Waals surface area contributed by atoms with Gasteiger partial charge in [0, 0.05) is 0 Å². The molecule has 0 aliphatic heterocycles. The topological polar surface area (TPSA) is 49.4 Å². The summed E-state index contributed by atoms with van der Waals surface area (Å²) in [5, 5.41) is 11.2. The summed E-state index contributed by atoms with van der Waals surface area (Å²) in [7, 11) is 0. The maximum absolute atomic E-state index is 10.5. The normalized spacial score (nSPS) is 9.14. The molecule has 4 nitrogen and oxygen atoms in total. The van der Waals surface area contributed by atoms with Crippen LogP contribution in [0.25, 0.3) is 0 Å². The van der Waals surface area contributed by atoms with Crippen molar-refractivity contribution in [3.63, 3.8) is 0 Å². The number of benzene rings is 1. The highest BCUT2D eigenvalue weighted by Gasteiger charge is 2.14. The molecule has 14 heavy (non-hydrogen) atoms. The second-order valence-corrected chi connectivity index (χ2v) is 2.68. The zero-order valence-electron chi connectivity index (χ0n) is 7.25. The number of amides is 1. The first-order valence-corrected chi connectivity index (χ1v) is 4.34. The van der Waals surface area contributed by atoms with Crippen molar-refractivity contribution in [3.05, 3.63) is 35.9 Å². The van der Waals surface area contributed by atoms with Crippen molar-refractivity contribution in [2.75, 3.05) is 0 Å². The van der Waals surface area contributed by atoms with Crippen LogP contribution in [0.2, 0.25) is 0 Å². The lowest BCUT2D eigenvalue weighted by molar-refractivity contribution is -0.0561. The van der Waals surface area contributed by atoms with Gasteiger partial charge in [-0.05, 0) is 17.8 Å². The Labute approximate surface area is 86.7 Å². The molecule has 73 valence electrons. The second kappa shape index (κ2) is 5.18. The number of thiocarbonyl (C=S) groups is 1. The molecule has 1 amide bonds. The lowest BCUT2D eigenvalue weighted by Gasteiger charge is -2.14. The molecule has 5 heteroatoms. The van der Waals surface area contributed by atoms with Crippen molar-refractivity contribution in [1.82, 2.24) is 5.06 Å². The van der Waals surface area contributed by atoms with Gasteiger partial charge in [0.2, 0.25) is 0 Å². The van der Waals surface area contributed by atoms with Gasteiger partial charge in [-0.1, -0.05) is 30.3 Å². The van der Waals surface area contributed by atoms with Crippen LogP contribution in [0.3, 0.4) is 0 Å². The first-order chi connectivity index (χ1) is 6.74. The van der Waals surface area contributed by atoms with E-state index < -0.39 is 6.09 Å². The van der Waals surface area contributed by atoms with Gasteiger partial charge in [0.15, 0.2) is 5.55 Å². The van der Waals surface area contributed by atoms with Crippen LogP contribution in [0, 0.1) is 0 Å². The summed E-state index contributed by atoms with van der Waals surface area (Å²) in [5.41, 5.74) is 1.67. The summed E-state index contributed by atoms with van der Waals surface area (Å²) in [5.74, 6) is 0. The molecule has 0 saturated heterocycles.